The Labute approximate surface area is 261 Å². The summed E-state index contributed by atoms with van der Waals surface area (Å²) < 4.78 is 39.9. The molecule has 3 aromatic carbocycles. The van der Waals surface area contributed by atoms with Crippen LogP contribution in [0.5, 0.6) is 11.5 Å². The van der Waals surface area contributed by atoms with Gasteiger partial charge in [-0.15, -0.1) is 0 Å². The molecule has 1 atom stereocenters. The van der Waals surface area contributed by atoms with Crippen molar-refractivity contribution in [2.45, 2.75) is 75.9 Å². The van der Waals surface area contributed by atoms with E-state index in [1.165, 1.54) is 24.1 Å². The van der Waals surface area contributed by atoms with Crippen LogP contribution in [0.2, 0.25) is 0 Å². The summed E-state index contributed by atoms with van der Waals surface area (Å²) in [5.74, 6) is 0.451. The van der Waals surface area contributed by atoms with Crippen molar-refractivity contribution < 1.29 is 27.5 Å². The Morgan fingerprint density at radius 3 is 2.18 bits per heavy atom. The van der Waals surface area contributed by atoms with Crippen molar-refractivity contribution in [3.8, 4) is 11.5 Å². The number of nitrogens with zero attached hydrogens (tertiary/aromatic N) is 2. The first-order chi connectivity index (χ1) is 21.2. The van der Waals surface area contributed by atoms with E-state index in [1.54, 1.807) is 43.5 Å². The van der Waals surface area contributed by atoms with Gasteiger partial charge < -0.3 is 19.7 Å². The quantitative estimate of drug-likeness (QED) is 0.272. The zero-order chi connectivity index (χ0) is 31.7. The Hall–Kier alpha value is -4.05. The van der Waals surface area contributed by atoms with Gasteiger partial charge in [-0.1, -0.05) is 56.0 Å². The highest BCUT2D eigenvalue weighted by Gasteiger charge is 2.34. The maximum absolute atomic E-state index is 14.3. The maximum Gasteiger partial charge on any atom is 0.264 e. The molecule has 0 unspecified atom stereocenters. The van der Waals surface area contributed by atoms with Crippen LogP contribution in [0.3, 0.4) is 0 Å². The van der Waals surface area contributed by atoms with Crippen LogP contribution in [0.4, 0.5) is 5.69 Å². The first-order valence-corrected chi connectivity index (χ1v) is 16.6. The molecule has 3 aromatic rings. The molecule has 1 aliphatic rings. The highest BCUT2D eigenvalue weighted by molar-refractivity contribution is 7.92. The molecule has 0 spiro atoms. The third-order valence-electron chi connectivity index (χ3n) is 8.07. The third kappa shape index (κ3) is 8.11. The van der Waals surface area contributed by atoms with Crippen LogP contribution < -0.4 is 19.1 Å². The molecule has 1 saturated carbocycles. The van der Waals surface area contributed by atoms with Gasteiger partial charge in [-0.25, -0.2) is 8.42 Å². The van der Waals surface area contributed by atoms with Gasteiger partial charge in [0.15, 0.2) is 0 Å². The zero-order valence-corrected chi connectivity index (χ0v) is 26.8. The van der Waals surface area contributed by atoms with Gasteiger partial charge in [-0.3, -0.25) is 13.9 Å². The van der Waals surface area contributed by atoms with Crippen LogP contribution in [0.15, 0.2) is 77.7 Å². The van der Waals surface area contributed by atoms with Crippen LogP contribution in [0.25, 0.3) is 0 Å². The van der Waals surface area contributed by atoms with E-state index in [-0.39, 0.29) is 23.4 Å². The molecular formula is C34H43N3O6S. The summed E-state index contributed by atoms with van der Waals surface area (Å²) in [5, 5.41) is 3.17. The van der Waals surface area contributed by atoms with E-state index in [0.29, 0.717) is 23.6 Å². The maximum atomic E-state index is 14.3. The van der Waals surface area contributed by atoms with Gasteiger partial charge in [0.05, 0.1) is 24.8 Å². The monoisotopic (exact) mass is 621 g/mol. The number of amides is 2. The predicted octanol–water partition coefficient (Wildman–Crippen LogP) is 5.46. The van der Waals surface area contributed by atoms with E-state index in [9.17, 15) is 18.0 Å². The first-order valence-electron chi connectivity index (χ1n) is 15.1. The molecule has 1 fully saturated rings. The van der Waals surface area contributed by atoms with Crippen molar-refractivity contribution in [3.63, 3.8) is 0 Å². The molecule has 0 heterocycles. The second kappa shape index (κ2) is 15.1. The topological polar surface area (TPSA) is 105 Å². The van der Waals surface area contributed by atoms with Crippen LogP contribution in [-0.4, -0.2) is 58.0 Å². The van der Waals surface area contributed by atoms with Gasteiger partial charge in [-0.05, 0) is 80.3 Å². The average molecular weight is 622 g/mol. The number of methoxy groups -OCH3 is 2. The van der Waals surface area contributed by atoms with Gasteiger partial charge in [0.2, 0.25) is 11.8 Å². The van der Waals surface area contributed by atoms with Crippen molar-refractivity contribution in [2.24, 2.45) is 0 Å². The van der Waals surface area contributed by atoms with Gasteiger partial charge in [0.1, 0.15) is 24.1 Å². The fraction of sp³-hybridized carbons (Fsp3) is 0.412. The van der Waals surface area contributed by atoms with E-state index < -0.39 is 28.5 Å². The summed E-state index contributed by atoms with van der Waals surface area (Å²) in [6.07, 6.45) is 5.45. The van der Waals surface area contributed by atoms with E-state index in [0.717, 1.165) is 47.5 Å². The summed E-state index contributed by atoms with van der Waals surface area (Å²) >= 11 is 0. The number of nitrogens with one attached hydrogen (secondary N) is 1. The number of ether oxygens (including phenoxy) is 2. The second-order valence-corrected chi connectivity index (χ2v) is 13.0. The molecule has 0 aliphatic heterocycles. The minimum atomic E-state index is -4.15. The lowest BCUT2D eigenvalue weighted by molar-refractivity contribution is -0.140. The number of rotatable bonds is 13. The fourth-order valence-corrected chi connectivity index (χ4v) is 6.96. The molecule has 10 heteroatoms. The summed E-state index contributed by atoms with van der Waals surface area (Å²) in [6, 6.07) is 19.6. The minimum Gasteiger partial charge on any atom is -0.497 e. The molecule has 236 valence electrons. The standard InChI is InChI=1S/C34H43N3O6S/c1-5-32(34(39)35-27-11-7-6-8-12-27)36(23-26-10-9-13-30(22-26)43-4)33(38)24-37(28-16-18-29(42-3)19-17-28)44(40,41)31-20-14-25(2)15-21-31/h9-10,13-22,27,32H,5-8,11-12,23-24H2,1-4H3,(H,35,39)/t32-/m1/s1. The number of anilines is 1. The Balaban J connectivity index is 1.71. The molecule has 0 aromatic heterocycles. The Morgan fingerprint density at radius 1 is 0.909 bits per heavy atom. The van der Waals surface area contributed by atoms with E-state index in [1.807, 2.05) is 38.1 Å². The van der Waals surface area contributed by atoms with E-state index >= 15 is 0 Å². The van der Waals surface area contributed by atoms with Crippen LogP contribution in [-0.2, 0) is 26.2 Å². The summed E-state index contributed by atoms with van der Waals surface area (Å²) in [6.45, 7) is 3.34. The van der Waals surface area contributed by atoms with Crippen molar-refractivity contribution in [1.29, 1.82) is 0 Å². The van der Waals surface area contributed by atoms with Gasteiger partial charge >= 0.3 is 0 Å². The van der Waals surface area contributed by atoms with Crippen molar-refractivity contribution in [1.82, 2.24) is 10.2 Å². The van der Waals surface area contributed by atoms with Crippen LogP contribution in [0.1, 0.15) is 56.6 Å². The van der Waals surface area contributed by atoms with E-state index in [2.05, 4.69) is 5.32 Å². The smallest absolute Gasteiger partial charge is 0.264 e. The van der Waals surface area contributed by atoms with E-state index in [4.69, 9.17) is 9.47 Å². The Bertz CT molecular complexity index is 1500. The fourth-order valence-electron chi connectivity index (χ4n) is 5.55. The van der Waals surface area contributed by atoms with Crippen molar-refractivity contribution >= 4 is 27.5 Å². The van der Waals surface area contributed by atoms with Gasteiger partial charge in [0.25, 0.3) is 10.0 Å². The summed E-state index contributed by atoms with van der Waals surface area (Å²) in [7, 11) is -1.06. The number of benzene rings is 3. The molecule has 1 N–H and O–H groups in total. The lowest BCUT2D eigenvalue weighted by Gasteiger charge is -2.34. The Kier molecular flexibility index (Phi) is 11.3. The first kappa shape index (κ1) is 32.9. The molecule has 2 amide bonds. The molecule has 1 aliphatic carbocycles. The number of sulfonamides is 1. The summed E-state index contributed by atoms with van der Waals surface area (Å²) in [5.41, 5.74) is 1.98. The highest BCUT2D eigenvalue weighted by atomic mass is 32.2. The molecule has 4 rings (SSSR count). The number of carbonyl (C=O) groups excluding carboxylic acids is 2. The number of carbonyl (C=O) groups is 2. The largest absolute Gasteiger partial charge is 0.497 e. The zero-order valence-electron chi connectivity index (χ0n) is 26.0. The SMILES string of the molecule is CC[C@H](C(=O)NC1CCCCC1)N(Cc1cccc(OC)c1)C(=O)CN(c1ccc(OC)cc1)S(=O)(=O)c1ccc(C)cc1. The summed E-state index contributed by atoms with van der Waals surface area (Å²) in [4.78, 5) is 29.6. The molecule has 44 heavy (non-hydrogen) atoms. The lowest BCUT2D eigenvalue weighted by Crippen LogP contribution is -2.54. The minimum absolute atomic E-state index is 0.0631. The molecular weight excluding hydrogens is 578 g/mol. The van der Waals surface area contributed by atoms with Crippen molar-refractivity contribution in [3.05, 3.63) is 83.9 Å². The third-order valence-corrected chi connectivity index (χ3v) is 9.86. The van der Waals surface area contributed by atoms with Crippen LogP contribution in [0, 0.1) is 6.92 Å². The molecule has 0 radical (unpaired) electrons. The lowest BCUT2D eigenvalue weighted by atomic mass is 9.95. The second-order valence-electron chi connectivity index (χ2n) is 11.2. The van der Waals surface area contributed by atoms with Gasteiger partial charge in [-0.2, -0.15) is 0 Å². The number of aryl methyl sites for hydroxylation is 1. The normalized spacial score (nSPS) is 14.4. The van der Waals surface area contributed by atoms with Gasteiger partial charge in [0, 0.05) is 12.6 Å². The average Bonchev–Trinajstić information content (AvgIpc) is 3.04. The number of hydrogen-bond acceptors (Lipinski definition) is 6. The van der Waals surface area contributed by atoms with Crippen LogP contribution >= 0.6 is 0 Å². The molecule has 0 bridgehead atoms. The molecule has 0 saturated heterocycles. The number of hydrogen-bond donors (Lipinski definition) is 1. The highest BCUT2D eigenvalue weighted by Crippen LogP contribution is 2.27. The van der Waals surface area contributed by atoms with Crippen molar-refractivity contribution in [2.75, 3.05) is 25.1 Å². The predicted molar refractivity (Wildman–Crippen MR) is 171 cm³/mol. The molecule has 9 nitrogen and oxygen atoms in total. The Morgan fingerprint density at radius 2 is 1.57 bits per heavy atom.